The summed E-state index contributed by atoms with van der Waals surface area (Å²) in [5.74, 6) is 0.937. The minimum Gasteiger partial charge on any atom is -0.303 e. The highest BCUT2D eigenvalue weighted by molar-refractivity contribution is 4.81. The van der Waals surface area contributed by atoms with Gasteiger partial charge in [0.1, 0.15) is 0 Å². The first-order valence-corrected chi connectivity index (χ1v) is 4.96. The molecule has 1 aliphatic rings. The highest BCUT2D eigenvalue weighted by Gasteiger charge is 2.26. The summed E-state index contributed by atoms with van der Waals surface area (Å²) in [5, 5.41) is 0. The molecule has 1 heterocycles. The molecule has 0 saturated carbocycles. The Morgan fingerprint density at radius 3 is 2.64 bits per heavy atom. The Balaban J connectivity index is 2.29. The normalized spacial score (nSPS) is 33.0. The van der Waals surface area contributed by atoms with Gasteiger partial charge in [0.25, 0.3) is 0 Å². The summed E-state index contributed by atoms with van der Waals surface area (Å²) >= 11 is 0. The Bertz CT molecular complexity index is 101. The molecule has 1 nitrogen and oxygen atoms in total. The van der Waals surface area contributed by atoms with Gasteiger partial charge in [-0.15, -0.1) is 0 Å². The molecule has 1 rings (SSSR count). The third kappa shape index (κ3) is 2.19. The second kappa shape index (κ2) is 4.10. The first-order valence-electron chi connectivity index (χ1n) is 4.96. The molecule has 2 unspecified atom stereocenters. The van der Waals surface area contributed by atoms with Crippen LogP contribution in [0, 0.1) is 5.92 Å². The van der Waals surface area contributed by atoms with Crippen LogP contribution in [0.3, 0.4) is 0 Å². The third-order valence-corrected chi connectivity index (χ3v) is 3.01. The molecule has 66 valence electrons. The lowest BCUT2D eigenvalue weighted by Gasteiger charge is -2.22. The molecule has 2 atom stereocenters. The summed E-state index contributed by atoms with van der Waals surface area (Å²) in [4.78, 5) is 2.53. The van der Waals surface area contributed by atoms with Crippen LogP contribution in [0.1, 0.15) is 39.5 Å². The number of rotatable bonds is 3. The van der Waals surface area contributed by atoms with Crippen LogP contribution in [0.15, 0.2) is 0 Å². The molecule has 0 aliphatic carbocycles. The van der Waals surface area contributed by atoms with Gasteiger partial charge in [-0.25, -0.2) is 0 Å². The fraction of sp³-hybridized carbons (Fsp3) is 1.00. The van der Waals surface area contributed by atoms with Crippen LogP contribution in [-0.4, -0.2) is 24.5 Å². The quantitative estimate of drug-likeness (QED) is 0.605. The number of nitrogens with zero attached hydrogens (tertiary/aromatic N) is 1. The van der Waals surface area contributed by atoms with Gasteiger partial charge in [-0.2, -0.15) is 0 Å². The van der Waals surface area contributed by atoms with Crippen molar-refractivity contribution >= 4 is 0 Å². The number of likely N-dealkylation sites (tertiary alicyclic amines) is 1. The van der Waals surface area contributed by atoms with E-state index in [1.165, 1.54) is 32.2 Å². The molecule has 0 aromatic carbocycles. The van der Waals surface area contributed by atoms with Gasteiger partial charge in [-0.3, -0.25) is 0 Å². The standard InChI is InChI=1S/C10H21N/c1-4-5-6-10-9(2)7-8-11(10)3/h9-10H,4-8H2,1-3H3. The van der Waals surface area contributed by atoms with E-state index >= 15 is 0 Å². The lowest BCUT2D eigenvalue weighted by Crippen LogP contribution is -2.28. The summed E-state index contributed by atoms with van der Waals surface area (Å²) in [6.45, 7) is 5.99. The van der Waals surface area contributed by atoms with Gasteiger partial charge < -0.3 is 4.90 Å². The molecule has 11 heavy (non-hydrogen) atoms. The Labute approximate surface area is 70.8 Å². The minimum atomic E-state index is 0.884. The predicted molar refractivity (Wildman–Crippen MR) is 49.7 cm³/mol. The van der Waals surface area contributed by atoms with Gasteiger partial charge in [0.15, 0.2) is 0 Å². The van der Waals surface area contributed by atoms with E-state index in [9.17, 15) is 0 Å². The number of unbranched alkanes of at least 4 members (excludes halogenated alkanes) is 1. The second-order valence-corrected chi connectivity index (χ2v) is 3.96. The van der Waals surface area contributed by atoms with Crippen molar-refractivity contribution in [2.45, 2.75) is 45.6 Å². The zero-order valence-corrected chi connectivity index (χ0v) is 8.14. The van der Waals surface area contributed by atoms with Crippen LogP contribution in [0.4, 0.5) is 0 Å². The van der Waals surface area contributed by atoms with Crippen molar-refractivity contribution in [1.29, 1.82) is 0 Å². The Kier molecular flexibility index (Phi) is 3.38. The van der Waals surface area contributed by atoms with E-state index in [4.69, 9.17) is 0 Å². The maximum atomic E-state index is 2.53. The van der Waals surface area contributed by atoms with Crippen LogP contribution in [0.5, 0.6) is 0 Å². The Morgan fingerprint density at radius 1 is 1.45 bits per heavy atom. The Morgan fingerprint density at radius 2 is 2.18 bits per heavy atom. The largest absolute Gasteiger partial charge is 0.303 e. The maximum Gasteiger partial charge on any atom is 0.0118 e. The molecule has 1 heteroatoms. The van der Waals surface area contributed by atoms with Gasteiger partial charge >= 0.3 is 0 Å². The van der Waals surface area contributed by atoms with E-state index < -0.39 is 0 Å². The molecular formula is C10H21N. The summed E-state index contributed by atoms with van der Waals surface area (Å²) in [7, 11) is 2.27. The van der Waals surface area contributed by atoms with Gasteiger partial charge in [-0.1, -0.05) is 26.7 Å². The third-order valence-electron chi connectivity index (χ3n) is 3.01. The van der Waals surface area contributed by atoms with E-state index in [0.29, 0.717) is 0 Å². The van der Waals surface area contributed by atoms with Crippen LogP contribution >= 0.6 is 0 Å². The van der Waals surface area contributed by atoms with Crippen LogP contribution in [0.25, 0.3) is 0 Å². The monoisotopic (exact) mass is 155 g/mol. The molecule has 0 bridgehead atoms. The molecular weight excluding hydrogens is 134 g/mol. The molecule has 1 saturated heterocycles. The van der Waals surface area contributed by atoms with Crippen LogP contribution < -0.4 is 0 Å². The first kappa shape index (κ1) is 9.05. The average molecular weight is 155 g/mol. The van der Waals surface area contributed by atoms with Crippen molar-refractivity contribution in [3.8, 4) is 0 Å². The first-order chi connectivity index (χ1) is 5.25. The second-order valence-electron chi connectivity index (χ2n) is 3.96. The number of hydrogen-bond acceptors (Lipinski definition) is 1. The van der Waals surface area contributed by atoms with Crippen molar-refractivity contribution < 1.29 is 0 Å². The highest BCUT2D eigenvalue weighted by Crippen LogP contribution is 2.25. The molecule has 0 aromatic heterocycles. The van der Waals surface area contributed by atoms with Gasteiger partial charge in [0.05, 0.1) is 0 Å². The van der Waals surface area contributed by atoms with Gasteiger partial charge in [-0.05, 0) is 32.4 Å². The minimum absolute atomic E-state index is 0.884. The van der Waals surface area contributed by atoms with E-state index in [1.807, 2.05) is 0 Å². The number of hydrogen-bond donors (Lipinski definition) is 0. The van der Waals surface area contributed by atoms with E-state index in [-0.39, 0.29) is 0 Å². The zero-order chi connectivity index (χ0) is 8.27. The smallest absolute Gasteiger partial charge is 0.0118 e. The zero-order valence-electron chi connectivity index (χ0n) is 8.14. The van der Waals surface area contributed by atoms with E-state index in [1.54, 1.807) is 0 Å². The van der Waals surface area contributed by atoms with E-state index in [2.05, 4.69) is 25.8 Å². The van der Waals surface area contributed by atoms with Gasteiger partial charge in [0.2, 0.25) is 0 Å². The molecule has 0 aromatic rings. The summed E-state index contributed by atoms with van der Waals surface area (Å²) in [6, 6.07) is 0.884. The summed E-state index contributed by atoms with van der Waals surface area (Å²) < 4.78 is 0. The molecule has 0 amide bonds. The topological polar surface area (TPSA) is 3.24 Å². The van der Waals surface area contributed by atoms with Crippen molar-refractivity contribution in [1.82, 2.24) is 4.90 Å². The lowest BCUT2D eigenvalue weighted by atomic mass is 9.98. The van der Waals surface area contributed by atoms with Crippen molar-refractivity contribution in [2.24, 2.45) is 5.92 Å². The van der Waals surface area contributed by atoms with Crippen LogP contribution in [-0.2, 0) is 0 Å². The van der Waals surface area contributed by atoms with Crippen molar-refractivity contribution in [3.05, 3.63) is 0 Å². The lowest BCUT2D eigenvalue weighted by molar-refractivity contribution is 0.260. The van der Waals surface area contributed by atoms with Gasteiger partial charge in [0, 0.05) is 6.04 Å². The average Bonchev–Trinajstić information content (AvgIpc) is 2.29. The fourth-order valence-electron chi connectivity index (χ4n) is 2.12. The SMILES string of the molecule is CCCCC1C(C)CCN1C. The van der Waals surface area contributed by atoms with E-state index in [0.717, 1.165) is 12.0 Å². The molecule has 1 aliphatic heterocycles. The molecule has 0 spiro atoms. The molecule has 1 fully saturated rings. The predicted octanol–water partition coefficient (Wildman–Crippen LogP) is 2.52. The molecule has 0 radical (unpaired) electrons. The molecule has 0 N–H and O–H groups in total. The fourth-order valence-corrected chi connectivity index (χ4v) is 2.12. The highest BCUT2D eigenvalue weighted by atomic mass is 15.1. The maximum absolute atomic E-state index is 2.53. The summed E-state index contributed by atoms with van der Waals surface area (Å²) in [6.07, 6.45) is 5.56. The van der Waals surface area contributed by atoms with Crippen molar-refractivity contribution in [2.75, 3.05) is 13.6 Å². The van der Waals surface area contributed by atoms with Crippen molar-refractivity contribution in [3.63, 3.8) is 0 Å². The summed E-state index contributed by atoms with van der Waals surface area (Å²) in [5.41, 5.74) is 0. The Hall–Kier alpha value is -0.0400. The van der Waals surface area contributed by atoms with Crippen LogP contribution in [0.2, 0.25) is 0 Å².